The summed E-state index contributed by atoms with van der Waals surface area (Å²) in [5.41, 5.74) is 1.08. The summed E-state index contributed by atoms with van der Waals surface area (Å²) in [5, 5.41) is 4.70. The molecule has 2 nitrogen and oxygen atoms in total. The van der Waals surface area contributed by atoms with Gasteiger partial charge >= 0.3 is 0 Å². The molecule has 0 spiro atoms. The Hall–Kier alpha value is -0.280. The Bertz CT molecular complexity index is 401. The van der Waals surface area contributed by atoms with Crippen molar-refractivity contribution in [3.05, 3.63) is 33.8 Å². The number of rotatable bonds is 3. The smallest absolute Gasteiger partial charge is 0.0950 e. The van der Waals surface area contributed by atoms with Gasteiger partial charge in [0.05, 0.1) is 22.8 Å². The third-order valence-corrected chi connectivity index (χ3v) is 3.90. The minimum atomic E-state index is 0.0724. The molecule has 2 rings (SSSR count). The van der Waals surface area contributed by atoms with Crippen LogP contribution >= 0.6 is 23.2 Å². The molecule has 2 atom stereocenters. The molecular formula is C14H19Cl2NO. The van der Waals surface area contributed by atoms with Crippen LogP contribution in [0.1, 0.15) is 31.9 Å². The van der Waals surface area contributed by atoms with Crippen molar-refractivity contribution in [3.63, 3.8) is 0 Å². The van der Waals surface area contributed by atoms with E-state index in [0.29, 0.717) is 22.0 Å². The van der Waals surface area contributed by atoms with Gasteiger partial charge in [-0.3, -0.25) is 0 Å². The molecule has 0 aliphatic carbocycles. The average molecular weight is 288 g/mol. The average Bonchev–Trinajstić information content (AvgIpc) is 2.33. The number of halogens is 2. The number of hydrogen-bond donors (Lipinski definition) is 1. The van der Waals surface area contributed by atoms with Gasteiger partial charge in [-0.1, -0.05) is 43.1 Å². The predicted molar refractivity (Wildman–Crippen MR) is 76.4 cm³/mol. The second-order valence-corrected chi connectivity index (χ2v) is 6.04. The molecule has 0 saturated carbocycles. The molecule has 0 bridgehead atoms. The number of hydrogen-bond acceptors (Lipinski definition) is 2. The summed E-state index contributed by atoms with van der Waals surface area (Å²) in [6, 6.07) is 6.15. The molecule has 100 valence electrons. The Kier molecular flexibility index (Phi) is 4.91. The highest BCUT2D eigenvalue weighted by molar-refractivity contribution is 6.42. The summed E-state index contributed by atoms with van der Waals surface area (Å²) in [5.74, 6) is 0.688. The summed E-state index contributed by atoms with van der Waals surface area (Å²) in [6.07, 6.45) is 1.22. The van der Waals surface area contributed by atoms with Crippen LogP contribution in [0.15, 0.2) is 18.2 Å². The Morgan fingerprint density at radius 1 is 1.33 bits per heavy atom. The van der Waals surface area contributed by atoms with Crippen molar-refractivity contribution in [2.24, 2.45) is 5.92 Å². The van der Waals surface area contributed by atoms with E-state index in [-0.39, 0.29) is 6.10 Å². The molecule has 0 radical (unpaired) electrons. The quantitative estimate of drug-likeness (QED) is 0.905. The minimum absolute atomic E-state index is 0.0724. The van der Waals surface area contributed by atoms with Gasteiger partial charge in [0.1, 0.15) is 0 Å². The van der Waals surface area contributed by atoms with Crippen molar-refractivity contribution in [1.82, 2.24) is 5.32 Å². The van der Waals surface area contributed by atoms with Gasteiger partial charge < -0.3 is 10.1 Å². The van der Waals surface area contributed by atoms with Gasteiger partial charge in [0.15, 0.2) is 0 Å². The lowest BCUT2D eigenvalue weighted by Gasteiger charge is -2.31. The van der Waals surface area contributed by atoms with E-state index >= 15 is 0 Å². The number of ether oxygens (including phenoxy) is 1. The molecule has 1 aromatic rings. The molecule has 0 aromatic heterocycles. The molecule has 4 heteroatoms. The Labute approximate surface area is 119 Å². The van der Waals surface area contributed by atoms with Crippen molar-refractivity contribution >= 4 is 23.2 Å². The minimum Gasteiger partial charge on any atom is -0.371 e. The zero-order chi connectivity index (χ0) is 13.1. The summed E-state index contributed by atoms with van der Waals surface area (Å²) in [4.78, 5) is 0. The van der Waals surface area contributed by atoms with Crippen molar-refractivity contribution in [1.29, 1.82) is 0 Å². The molecule has 1 N–H and O–H groups in total. The van der Waals surface area contributed by atoms with Crippen LogP contribution in [-0.2, 0) is 4.74 Å². The summed E-state index contributed by atoms with van der Waals surface area (Å²) in [6.45, 7) is 6.04. The van der Waals surface area contributed by atoms with E-state index in [1.807, 2.05) is 18.2 Å². The van der Waals surface area contributed by atoms with Crippen LogP contribution in [0.5, 0.6) is 0 Å². The SMILES string of the molecule is CC(C)CC1COC(c2ccc(Cl)c(Cl)c2)CN1. The molecule has 1 aliphatic rings. The van der Waals surface area contributed by atoms with E-state index in [1.165, 1.54) is 0 Å². The highest BCUT2D eigenvalue weighted by Gasteiger charge is 2.23. The lowest BCUT2D eigenvalue weighted by Crippen LogP contribution is -2.43. The van der Waals surface area contributed by atoms with Crippen LogP contribution in [0.4, 0.5) is 0 Å². The fraction of sp³-hybridized carbons (Fsp3) is 0.571. The third-order valence-electron chi connectivity index (χ3n) is 3.16. The lowest BCUT2D eigenvalue weighted by atomic mass is 10.0. The van der Waals surface area contributed by atoms with Crippen LogP contribution in [0.3, 0.4) is 0 Å². The molecular weight excluding hydrogens is 269 g/mol. The molecule has 1 aromatic carbocycles. The monoisotopic (exact) mass is 287 g/mol. The highest BCUT2D eigenvalue weighted by Crippen LogP contribution is 2.28. The maximum atomic E-state index is 6.02. The first kappa shape index (κ1) is 14.1. The first-order valence-corrected chi connectivity index (χ1v) is 7.11. The first-order chi connectivity index (χ1) is 8.56. The number of benzene rings is 1. The molecule has 1 saturated heterocycles. The van der Waals surface area contributed by atoms with Crippen LogP contribution in [0.2, 0.25) is 10.0 Å². The second-order valence-electron chi connectivity index (χ2n) is 5.23. The van der Waals surface area contributed by atoms with Crippen LogP contribution < -0.4 is 5.32 Å². The summed E-state index contributed by atoms with van der Waals surface area (Å²) in [7, 11) is 0. The Morgan fingerprint density at radius 2 is 2.11 bits per heavy atom. The standard InChI is InChI=1S/C14H19Cl2NO/c1-9(2)5-11-8-18-14(7-17-11)10-3-4-12(15)13(16)6-10/h3-4,6,9,11,14,17H,5,7-8H2,1-2H3. The highest BCUT2D eigenvalue weighted by atomic mass is 35.5. The maximum Gasteiger partial charge on any atom is 0.0950 e. The van der Waals surface area contributed by atoms with E-state index in [0.717, 1.165) is 25.1 Å². The van der Waals surface area contributed by atoms with Gasteiger partial charge in [0.25, 0.3) is 0 Å². The maximum absolute atomic E-state index is 6.02. The summed E-state index contributed by atoms with van der Waals surface area (Å²) >= 11 is 11.9. The van der Waals surface area contributed by atoms with Gasteiger partial charge in [0.2, 0.25) is 0 Å². The molecule has 0 amide bonds. The second kappa shape index (κ2) is 6.25. The van der Waals surface area contributed by atoms with E-state index < -0.39 is 0 Å². The zero-order valence-electron chi connectivity index (χ0n) is 10.7. The molecule has 1 heterocycles. The van der Waals surface area contributed by atoms with Gasteiger partial charge in [-0.25, -0.2) is 0 Å². The largest absolute Gasteiger partial charge is 0.371 e. The third kappa shape index (κ3) is 3.61. The van der Waals surface area contributed by atoms with E-state index in [4.69, 9.17) is 27.9 Å². The van der Waals surface area contributed by atoms with E-state index in [2.05, 4.69) is 19.2 Å². The Morgan fingerprint density at radius 3 is 2.67 bits per heavy atom. The zero-order valence-corrected chi connectivity index (χ0v) is 12.3. The Balaban J connectivity index is 1.94. The molecule has 1 fully saturated rings. The van der Waals surface area contributed by atoms with Crippen LogP contribution in [-0.4, -0.2) is 19.2 Å². The van der Waals surface area contributed by atoms with Gasteiger partial charge in [-0.15, -0.1) is 0 Å². The van der Waals surface area contributed by atoms with E-state index in [9.17, 15) is 0 Å². The molecule has 1 aliphatic heterocycles. The fourth-order valence-corrected chi connectivity index (χ4v) is 2.58. The van der Waals surface area contributed by atoms with Gasteiger partial charge in [-0.05, 0) is 30.0 Å². The first-order valence-electron chi connectivity index (χ1n) is 6.36. The van der Waals surface area contributed by atoms with Crippen molar-refractivity contribution < 1.29 is 4.74 Å². The van der Waals surface area contributed by atoms with E-state index in [1.54, 1.807) is 0 Å². The number of nitrogens with one attached hydrogen (secondary N) is 1. The lowest BCUT2D eigenvalue weighted by molar-refractivity contribution is -0.00130. The topological polar surface area (TPSA) is 21.3 Å². The van der Waals surface area contributed by atoms with Gasteiger partial charge in [-0.2, -0.15) is 0 Å². The van der Waals surface area contributed by atoms with Crippen LogP contribution in [0, 0.1) is 5.92 Å². The number of morpholine rings is 1. The fourth-order valence-electron chi connectivity index (χ4n) is 2.27. The normalized spacial score (nSPS) is 24.5. The van der Waals surface area contributed by atoms with Gasteiger partial charge in [0, 0.05) is 12.6 Å². The summed E-state index contributed by atoms with van der Waals surface area (Å²) < 4.78 is 5.91. The molecule has 18 heavy (non-hydrogen) atoms. The van der Waals surface area contributed by atoms with Crippen molar-refractivity contribution in [2.45, 2.75) is 32.4 Å². The molecule has 2 unspecified atom stereocenters. The van der Waals surface area contributed by atoms with Crippen LogP contribution in [0.25, 0.3) is 0 Å². The van der Waals surface area contributed by atoms with Crippen molar-refractivity contribution in [2.75, 3.05) is 13.2 Å². The predicted octanol–water partition coefficient (Wildman–Crippen LogP) is 4.07. The van der Waals surface area contributed by atoms with Crippen molar-refractivity contribution in [3.8, 4) is 0 Å².